The van der Waals surface area contributed by atoms with Gasteiger partial charge in [-0.25, -0.2) is 4.79 Å². The van der Waals surface area contributed by atoms with E-state index in [9.17, 15) is 14.7 Å². The van der Waals surface area contributed by atoms with Gasteiger partial charge in [-0.05, 0) is 18.1 Å². The summed E-state index contributed by atoms with van der Waals surface area (Å²) in [4.78, 5) is 22.2. The fourth-order valence-electron chi connectivity index (χ4n) is 1.76. The molecule has 2 unspecified atom stereocenters. The molecule has 2 N–H and O–H groups in total. The van der Waals surface area contributed by atoms with Gasteiger partial charge in [-0.3, -0.25) is 4.79 Å². The van der Waals surface area contributed by atoms with Crippen LogP contribution < -0.4 is 5.32 Å². The molecule has 1 amide bonds. The maximum Gasteiger partial charge on any atom is 0.331 e. The van der Waals surface area contributed by atoms with Crippen LogP contribution in [0.4, 0.5) is 0 Å². The average molecular weight is 281 g/mol. The van der Waals surface area contributed by atoms with Crippen molar-refractivity contribution in [3.8, 4) is 0 Å². The molecule has 0 spiro atoms. The molecule has 0 aliphatic carbocycles. The maximum absolute atomic E-state index is 11.7. The van der Waals surface area contributed by atoms with Gasteiger partial charge in [0.05, 0.1) is 13.2 Å². The summed E-state index contributed by atoms with van der Waals surface area (Å²) in [6.45, 7) is 2.29. The van der Waals surface area contributed by atoms with Gasteiger partial charge in [-0.1, -0.05) is 24.3 Å². The summed E-state index contributed by atoms with van der Waals surface area (Å²) < 4.78 is 9.81. The Bertz CT molecular complexity index is 432. The number of nitrogens with one attached hydrogen (secondary N) is 1. The van der Waals surface area contributed by atoms with Crippen LogP contribution in [-0.2, 0) is 25.7 Å². The van der Waals surface area contributed by atoms with Crippen molar-refractivity contribution >= 4 is 12.4 Å². The minimum atomic E-state index is -1.17. The molecule has 1 rings (SSSR count). The van der Waals surface area contributed by atoms with Crippen molar-refractivity contribution in [3.05, 3.63) is 35.4 Å². The fourth-order valence-corrected chi connectivity index (χ4v) is 1.76. The van der Waals surface area contributed by atoms with E-state index in [-0.39, 0.29) is 6.61 Å². The smallest absolute Gasteiger partial charge is 0.331 e. The number of amides is 1. The van der Waals surface area contributed by atoms with E-state index in [1.54, 1.807) is 38.3 Å². The monoisotopic (exact) mass is 281 g/mol. The molecule has 0 aromatic heterocycles. The van der Waals surface area contributed by atoms with Gasteiger partial charge in [0, 0.05) is 7.11 Å². The lowest BCUT2D eigenvalue weighted by atomic mass is 10.0. The molecule has 0 radical (unpaired) electrons. The van der Waals surface area contributed by atoms with E-state index in [1.807, 2.05) is 0 Å². The number of ether oxygens (including phenoxy) is 2. The van der Waals surface area contributed by atoms with Crippen LogP contribution in [0.3, 0.4) is 0 Å². The first kappa shape index (κ1) is 16.1. The van der Waals surface area contributed by atoms with E-state index >= 15 is 0 Å². The van der Waals surface area contributed by atoms with Crippen LogP contribution in [0.15, 0.2) is 24.3 Å². The molecular formula is C14H19NO5. The fraction of sp³-hybridized carbons (Fsp3) is 0.429. The predicted octanol–water partition coefficient (Wildman–Crippen LogP) is 0.544. The summed E-state index contributed by atoms with van der Waals surface area (Å²) in [5, 5.41) is 12.5. The van der Waals surface area contributed by atoms with Gasteiger partial charge in [0.15, 0.2) is 6.04 Å². The zero-order valence-corrected chi connectivity index (χ0v) is 11.5. The lowest BCUT2D eigenvalue weighted by molar-refractivity contribution is -0.149. The Morgan fingerprint density at radius 2 is 2.05 bits per heavy atom. The highest BCUT2D eigenvalue weighted by Crippen LogP contribution is 2.18. The molecule has 110 valence electrons. The molecule has 2 atom stereocenters. The third-order valence-electron chi connectivity index (χ3n) is 2.74. The molecule has 20 heavy (non-hydrogen) atoms. The number of aliphatic hydroxyl groups is 1. The van der Waals surface area contributed by atoms with E-state index in [2.05, 4.69) is 5.32 Å². The largest absolute Gasteiger partial charge is 0.464 e. The van der Waals surface area contributed by atoms with Crippen LogP contribution in [0.25, 0.3) is 0 Å². The Kier molecular flexibility index (Phi) is 6.69. The van der Waals surface area contributed by atoms with E-state index in [4.69, 9.17) is 9.47 Å². The normalized spacial score (nSPS) is 13.3. The Morgan fingerprint density at radius 1 is 1.40 bits per heavy atom. The number of hydrogen-bond acceptors (Lipinski definition) is 5. The molecule has 0 saturated heterocycles. The summed E-state index contributed by atoms with van der Waals surface area (Å²) in [7, 11) is 1.59. The number of aliphatic hydroxyl groups excluding tert-OH is 1. The van der Waals surface area contributed by atoms with Crippen LogP contribution >= 0.6 is 0 Å². The standard InChI is InChI=1S/C14H19NO5/c1-3-20-14(18)12(15-9-16)13(17)11-6-4-10(5-7-11)8-19-2/h4-7,9,12-13,17H,3,8H2,1-2H3,(H,15,16). The number of carbonyl (C=O) groups is 2. The van der Waals surface area contributed by atoms with Crippen molar-refractivity contribution in [2.75, 3.05) is 13.7 Å². The van der Waals surface area contributed by atoms with Crippen molar-refractivity contribution < 1.29 is 24.2 Å². The van der Waals surface area contributed by atoms with E-state index in [0.29, 0.717) is 18.6 Å². The van der Waals surface area contributed by atoms with Crippen LogP contribution in [0.1, 0.15) is 24.2 Å². The number of benzene rings is 1. The highest BCUT2D eigenvalue weighted by atomic mass is 16.5. The molecule has 0 heterocycles. The summed E-state index contributed by atoms with van der Waals surface area (Å²) in [6.07, 6.45) is -0.805. The molecule has 1 aromatic rings. The van der Waals surface area contributed by atoms with Gasteiger partial charge < -0.3 is 19.9 Å². The molecule has 1 aromatic carbocycles. The Labute approximate surface area is 117 Å². The second-order valence-corrected chi connectivity index (χ2v) is 4.13. The van der Waals surface area contributed by atoms with E-state index in [0.717, 1.165) is 5.56 Å². The molecule has 0 fully saturated rings. The molecule has 0 aliphatic rings. The van der Waals surface area contributed by atoms with Crippen molar-refractivity contribution in [2.45, 2.75) is 25.7 Å². The van der Waals surface area contributed by atoms with Crippen molar-refractivity contribution in [1.82, 2.24) is 5.32 Å². The van der Waals surface area contributed by atoms with Crippen LogP contribution in [0, 0.1) is 0 Å². The van der Waals surface area contributed by atoms with Crippen molar-refractivity contribution in [3.63, 3.8) is 0 Å². The minimum absolute atomic E-state index is 0.176. The zero-order valence-electron chi connectivity index (χ0n) is 11.5. The van der Waals surface area contributed by atoms with Gasteiger partial charge >= 0.3 is 5.97 Å². The molecule has 6 heteroatoms. The third-order valence-corrected chi connectivity index (χ3v) is 2.74. The van der Waals surface area contributed by atoms with Crippen LogP contribution in [0.2, 0.25) is 0 Å². The second kappa shape index (κ2) is 8.29. The first-order valence-corrected chi connectivity index (χ1v) is 6.26. The van der Waals surface area contributed by atoms with Gasteiger partial charge in [0.2, 0.25) is 6.41 Å². The second-order valence-electron chi connectivity index (χ2n) is 4.13. The first-order chi connectivity index (χ1) is 9.63. The SMILES string of the molecule is CCOC(=O)C(NC=O)C(O)c1ccc(COC)cc1. The minimum Gasteiger partial charge on any atom is -0.464 e. The topological polar surface area (TPSA) is 84.9 Å². The average Bonchev–Trinajstić information content (AvgIpc) is 2.45. The molecule has 0 bridgehead atoms. The maximum atomic E-state index is 11.7. The summed E-state index contributed by atoms with van der Waals surface area (Å²) >= 11 is 0. The van der Waals surface area contributed by atoms with Crippen molar-refractivity contribution in [2.24, 2.45) is 0 Å². The Morgan fingerprint density at radius 3 is 2.55 bits per heavy atom. The molecule has 6 nitrogen and oxygen atoms in total. The van der Waals surface area contributed by atoms with Crippen LogP contribution in [-0.4, -0.2) is 37.2 Å². The number of hydrogen-bond donors (Lipinski definition) is 2. The lowest BCUT2D eigenvalue weighted by Crippen LogP contribution is -2.42. The molecular weight excluding hydrogens is 262 g/mol. The Balaban J connectivity index is 2.84. The number of methoxy groups -OCH3 is 1. The van der Waals surface area contributed by atoms with Gasteiger partial charge in [0.1, 0.15) is 6.10 Å². The quantitative estimate of drug-likeness (QED) is 0.537. The summed E-state index contributed by atoms with van der Waals surface area (Å²) in [6, 6.07) is 5.80. The number of esters is 1. The van der Waals surface area contributed by atoms with Gasteiger partial charge in [0.25, 0.3) is 0 Å². The van der Waals surface area contributed by atoms with E-state index < -0.39 is 18.1 Å². The summed E-state index contributed by atoms with van der Waals surface area (Å²) in [5.74, 6) is -0.673. The summed E-state index contributed by atoms with van der Waals surface area (Å²) in [5.41, 5.74) is 1.46. The highest BCUT2D eigenvalue weighted by molar-refractivity contribution is 5.79. The number of carbonyl (C=O) groups excluding carboxylic acids is 2. The lowest BCUT2D eigenvalue weighted by Gasteiger charge is -2.21. The number of rotatable bonds is 8. The first-order valence-electron chi connectivity index (χ1n) is 6.26. The van der Waals surface area contributed by atoms with E-state index in [1.165, 1.54) is 0 Å². The molecule has 0 aliphatic heterocycles. The molecule has 0 saturated carbocycles. The van der Waals surface area contributed by atoms with Crippen LogP contribution in [0.5, 0.6) is 0 Å². The predicted molar refractivity (Wildman–Crippen MR) is 71.7 cm³/mol. The zero-order chi connectivity index (χ0) is 15.0. The Hall–Kier alpha value is -1.92. The highest BCUT2D eigenvalue weighted by Gasteiger charge is 2.28. The third kappa shape index (κ3) is 4.32. The van der Waals surface area contributed by atoms with Gasteiger partial charge in [-0.15, -0.1) is 0 Å². The van der Waals surface area contributed by atoms with Gasteiger partial charge in [-0.2, -0.15) is 0 Å². The van der Waals surface area contributed by atoms with Crippen molar-refractivity contribution in [1.29, 1.82) is 0 Å².